The zero-order chi connectivity index (χ0) is 10.5. The summed E-state index contributed by atoms with van der Waals surface area (Å²) < 4.78 is 24.4. The number of hydrogen-bond donors (Lipinski definition) is 0. The van der Waals surface area contributed by atoms with Crippen molar-refractivity contribution in [3.05, 3.63) is 29.8 Å². The number of fused-ring (bicyclic) bond motifs is 3. The highest BCUT2D eigenvalue weighted by Gasteiger charge is 2.45. The Hall–Kier alpha value is -0.830. The van der Waals surface area contributed by atoms with Crippen LogP contribution in [0.5, 0.6) is 0 Å². The lowest BCUT2D eigenvalue weighted by molar-refractivity contribution is 0.446. The summed E-state index contributed by atoms with van der Waals surface area (Å²) in [7, 11) is -3.01. The fourth-order valence-electron chi connectivity index (χ4n) is 3.03. The maximum atomic E-state index is 12.2. The normalized spacial score (nSPS) is 32.0. The number of hydrogen-bond acceptors (Lipinski definition) is 2. The number of benzene rings is 1. The van der Waals surface area contributed by atoms with Gasteiger partial charge in [0.2, 0.25) is 0 Å². The van der Waals surface area contributed by atoms with E-state index in [-0.39, 0.29) is 11.2 Å². The fourth-order valence-corrected chi connectivity index (χ4v) is 5.37. The van der Waals surface area contributed by atoms with Crippen LogP contribution < -0.4 is 0 Å². The zero-order valence-corrected chi connectivity index (χ0v) is 9.33. The van der Waals surface area contributed by atoms with Crippen molar-refractivity contribution < 1.29 is 8.42 Å². The van der Waals surface area contributed by atoms with Gasteiger partial charge in [-0.2, -0.15) is 0 Å². The molecule has 1 aliphatic heterocycles. The van der Waals surface area contributed by atoms with Gasteiger partial charge in [0.25, 0.3) is 0 Å². The Morgan fingerprint density at radius 3 is 2.67 bits per heavy atom. The van der Waals surface area contributed by atoms with E-state index < -0.39 is 9.84 Å². The van der Waals surface area contributed by atoms with Crippen molar-refractivity contribution in [2.45, 2.75) is 41.7 Å². The molecule has 1 saturated carbocycles. The van der Waals surface area contributed by atoms with E-state index in [1.807, 2.05) is 18.2 Å². The minimum atomic E-state index is -3.01. The second-order valence-corrected chi connectivity index (χ2v) is 6.65. The summed E-state index contributed by atoms with van der Waals surface area (Å²) in [5.41, 5.74) is 1.07. The Balaban J connectivity index is 2.22. The van der Waals surface area contributed by atoms with Gasteiger partial charge in [0.1, 0.15) is 0 Å². The largest absolute Gasteiger partial charge is 0.223 e. The second kappa shape index (κ2) is 3.08. The first-order valence-electron chi connectivity index (χ1n) is 5.54. The maximum Gasteiger partial charge on any atom is 0.182 e. The van der Waals surface area contributed by atoms with E-state index in [9.17, 15) is 8.42 Å². The Labute approximate surface area is 90.2 Å². The lowest BCUT2D eigenvalue weighted by atomic mass is 9.84. The molecule has 0 bridgehead atoms. The number of sulfone groups is 1. The molecule has 0 amide bonds. The van der Waals surface area contributed by atoms with Gasteiger partial charge in [-0.1, -0.05) is 31.0 Å². The third kappa shape index (κ3) is 1.19. The monoisotopic (exact) mass is 222 g/mol. The van der Waals surface area contributed by atoms with Gasteiger partial charge in [-0.05, 0) is 24.5 Å². The topological polar surface area (TPSA) is 34.1 Å². The molecule has 1 aliphatic carbocycles. The lowest BCUT2D eigenvalue weighted by Crippen LogP contribution is -2.24. The van der Waals surface area contributed by atoms with Gasteiger partial charge >= 0.3 is 0 Å². The molecule has 80 valence electrons. The molecule has 0 N–H and O–H groups in total. The van der Waals surface area contributed by atoms with Crippen LogP contribution >= 0.6 is 0 Å². The fraction of sp³-hybridized carbons (Fsp3) is 0.500. The van der Waals surface area contributed by atoms with Crippen molar-refractivity contribution in [2.24, 2.45) is 0 Å². The third-order valence-corrected chi connectivity index (χ3v) is 6.07. The third-order valence-electron chi connectivity index (χ3n) is 3.73. The summed E-state index contributed by atoms with van der Waals surface area (Å²) in [5.74, 6) is 0.278. The van der Waals surface area contributed by atoms with Crippen molar-refractivity contribution in [1.29, 1.82) is 0 Å². The summed E-state index contributed by atoms with van der Waals surface area (Å²) in [6, 6.07) is 7.53. The zero-order valence-electron chi connectivity index (χ0n) is 8.52. The summed E-state index contributed by atoms with van der Waals surface area (Å²) in [6.07, 6.45) is 4.13. The van der Waals surface area contributed by atoms with Gasteiger partial charge in [-0.15, -0.1) is 0 Å². The SMILES string of the molecule is O=S1(=O)c2ccccc2C2CCCCC21. The highest BCUT2D eigenvalue weighted by molar-refractivity contribution is 7.92. The number of rotatable bonds is 0. The standard InChI is InChI=1S/C12H14O2S/c13-15(14)11-7-3-1-5-9(11)10-6-2-4-8-12(10)15/h1,3,5,7,10,12H,2,4,6,8H2. The van der Waals surface area contributed by atoms with Gasteiger partial charge < -0.3 is 0 Å². The summed E-state index contributed by atoms with van der Waals surface area (Å²) in [4.78, 5) is 0.599. The van der Waals surface area contributed by atoms with Crippen molar-refractivity contribution in [3.8, 4) is 0 Å². The Kier molecular flexibility index (Phi) is 1.93. The quantitative estimate of drug-likeness (QED) is 0.676. The van der Waals surface area contributed by atoms with Gasteiger partial charge in [-0.25, -0.2) is 8.42 Å². The van der Waals surface area contributed by atoms with E-state index in [4.69, 9.17) is 0 Å². The van der Waals surface area contributed by atoms with E-state index in [2.05, 4.69) is 0 Å². The van der Waals surface area contributed by atoms with E-state index in [1.54, 1.807) is 6.07 Å². The molecule has 2 unspecified atom stereocenters. The molecular formula is C12H14O2S. The van der Waals surface area contributed by atoms with Crippen LogP contribution in [0.1, 0.15) is 37.2 Å². The predicted octanol–water partition coefficient (Wildman–Crippen LogP) is 2.50. The molecular weight excluding hydrogens is 208 g/mol. The summed E-state index contributed by atoms with van der Waals surface area (Å²) >= 11 is 0. The van der Waals surface area contributed by atoms with E-state index in [1.165, 1.54) is 6.42 Å². The van der Waals surface area contributed by atoms with E-state index >= 15 is 0 Å². The van der Waals surface area contributed by atoms with Crippen LogP contribution in [0.25, 0.3) is 0 Å². The molecule has 3 heteroatoms. The first-order valence-corrected chi connectivity index (χ1v) is 7.09. The van der Waals surface area contributed by atoms with Crippen molar-refractivity contribution >= 4 is 9.84 Å². The first kappa shape index (κ1) is 9.40. The second-order valence-electron chi connectivity index (χ2n) is 4.51. The molecule has 1 heterocycles. The van der Waals surface area contributed by atoms with Crippen LogP contribution in [0.4, 0.5) is 0 Å². The average Bonchev–Trinajstić information content (AvgIpc) is 2.51. The van der Waals surface area contributed by atoms with Crippen molar-refractivity contribution in [3.63, 3.8) is 0 Å². The molecule has 1 fully saturated rings. The molecule has 1 aromatic rings. The van der Waals surface area contributed by atoms with Crippen LogP contribution in [0, 0.1) is 0 Å². The molecule has 2 atom stereocenters. The van der Waals surface area contributed by atoms with Crippen molar-refractivity contribution in [2.75, 3.05) is 0 Å². The summed E-state index contributed by atoms with van der Waals surface area (Å²) in [5, 5.41) is -0.122. The Morgan fingerprint density at radius 1 is 1.07 bits per heavy atom. The average molecular weight is 222 g/mol. The molecule has 2 aliphatic rings. The molecule has 3 rings (SSSR count). The predicted molar refractivity (Wildman–Crippen MR) is 58.6 cm³/mol. The Bertz CT molecular complexity index is 490. The van der Waals surface area contributed by atoms with Crippen LogP contribution in [0.15, 0.2) is 29.2 Å². The van der Waals surface area contributed by atoms with Crippen LogP contribution in [0.2, 0.25) is 0 Å². The lowest BCUT2D eigenvalue weighted by Gasteiger charge is -2.23. The molecule has 0 radical (unpaired) electrons. The first-order chi connectivity index (χ1) is 7.21. The van der Waals surface area contributed by atoms with E-state index in [0.29, 0.717) is 4.90 Å². The van der Waals surface area contributed by atoms with E-state index in [0.717, 1.165) is 24.8 Å². The van der Waals surface area contributed by atoms with Crippen LogP contribution in [-0.2, 0) is 9.84 Å². The maximum absolute atomic E-state index is 12.2. The highest BCUT2D eigenvalue weighted by Crippen LogP contribution is 2.47. The molecule has 0 aromatic heterocycles. The van der Waals surface area contributed by atoms with Crippen molar-refractivity contribution in [1.82, 2.24) is 0 Å². The molecule has 0 saturated heterocycles. The Morgan fingerprint density at radius 2 is 1.80 bits per heavy atom. The van der Waals surface area contributed by atoms with Gasteiger partial charge in [0.05, 0.1) is 10.1 Å². The minimum absolute atomic E-state index is 0.122. The van der Waals surface area contributed by atoms with Gasteiger partial charge in [-0.3, -0.25) is 0 Å². The highest BCUT2D eigenvalue weighted by atomic mass is 32.2. The molecule has 2 nitrogen and oxygen atoms in total. The van der Waals surface area contributed by atoms with Gasteiger partial charge in [0, 0.05) is 5.92 Å². The van der Waals surface area contributed by atoms with Crippen LogP contribution in [-0.4, -0.2) is 13.7 Å². The molecule has 1 aromatic carbocycles. The molecule has 0 spiro atoms. The molecule has 15 heavy (non-hydrogen) atoms. The van der Waals surface area contributed by atoms with Gasteiger partial charge in [0.15, 0.2) is 9.84 Å². The smallest absolute Gasteiger partial charge is 0.182 e. The van der Waals surface area contributed by atoms with Crippen LogP contribution in [0.3, 0.4) is 0 Å². The summed E-state index contributed by atoms with van der Waals surface area (Å²) in [6.45, 7) is 0. The minimum Gasteiger partial charge on any atom is -0.223 e.